The first-order valence-corrected chi connectivity index (χ1v) is 6.51. The molecule has 0 aliphatic heterocycles. The molecular formula is C10H8BrN3OS. The van der Waals surface area contributed by atoms with Gasteiger partial charge in [0.05, 0.1) is 6.20 Å². The van der Waals surface area contributed by atoms with Crippen LogP contribution in [0.1, 0.15) is 24.6 Å². The monoisotopic (exact) mass is 297 g/mol. The lowest BCUT2D eigenvalue weighted by Crippen LogP contribution is -1.86. The molecule has 1 aliphatic carbocycles. The number of hydrogen-bond donors (Lipinski definition) is 0. The normalized spacial score (nSPS) is 15.1. The summed E-state index contributed by atoms with van der Waals surface area (Å²) in [7, 11) is 0. The average molecular weight is 298 g/mol. The van der Waals surface area contributed by atoms with E-state index in [1.807, 2.05) is 12.1 Å². The van der Waals surface area contributed by atoms with E-state index in [2.05, 4.69) is 30.3 Å². The summed E-state index contributed by atoms with van der Waals surface area (Å²) in [5, 5.41) is 0.589. The summed E-state index contributed by atoms with van der Waals surface area (Å²) in [5.74, 6) is 2.17. The van der Waals surface area contributed by atoms with Gasteiger partial charge in [0, 0.05) is 17.5 Å². The van der Waals surface area contributed by atoms with Crippen LogP contribution in [0.4, 0.5) is 0 Å². The molecule has 1 fully saturated rings. The molecule has 0 N–H and O–H groups in total. The lowest BCUT2D eigenvalue weighted by Gasteiger charge is -1.99. The van der Waals surface area contributed by atoms with E-state index in [1.165, 1.54) is 24.4 Å². The third-order valence-electron chi connectivity index (χ3n) is 2.27. The van der Waals surface area contributed by atoms with Crippen LogP contribution in [0.25, 0.3) is 0 Å². The van der Waals surface area contributed by atoms with Crippen LogP contribution in [0.3, 0.4) is 0 Å². The highest BCUT2D eigenvalue weighted by atomic mass is 79.9. The van der Waals surface area contributed by atoms with Crippen molar-refractivity contribution in [2.75, 3.05) is 0 Å². The quantitative estimate of drug-likeness (QED) is 0.815. The van der Waals surface area contributed by atoms with E-state index in [4.69, 9.17) is 4.74 Å². The predicted molar refractivity (Wildman–Crippen MR) is 63.9 cm³/mol. The van der Waals surface area contributed by atoms with Gasteiger partial charge in [-0.2, -0.15) is 9.36 Å². The van der Waals surface area contributed by atoms with E-state index in [0.717, 1.165) is 10.4 Å². The third-order valence-corrected chi connectivity index (χ3v) is 3.35. The minimum Gasteiger partial charge on any atom is -0.428 e. The SMILES string of the molecule is Brc1ccc(Oc2nc(C3CC3)ns2)cn1. The maximum atomic E-state index is 5.55. The highest BCUT2D eigenvalue weighted by Crippen LogP contribution is 2.40. The molecule has 82 valence electrons. The molecule has 0 atom stereocenters. The molecule has 0 spiro atoms. The first kappa shape index (κ1) is 10.2. The zero-order valence-corrected chi connectivity index (χ0v) is 10.7. The highest BCUT2D eigenvalue weighted by Gasteiger charge is 2.28. The summed E-state index contributed by atoms with van der Waals surface area (Å²) in [4.78, 5) is 8.41. The van der Waals surface area contributed by atoms with E-state index in [1.54, 1.807) is 6.20 Å². The Kier molecular flexibility index (Phi) is 2.61. The second kappa shape index (κ2) is 4.10. The molecule has 2 aromatic rings. The summed E-state index contributed by atoms with van der Waals surface area (Å²) in [6.45, 7) is 0. The van der Waals surface area contributed by atoms with Crippen molar-refractivity contribution in [3.8, 4) is 10.9 Å². The molecule has 0 amide bonds. The molecule has 2 heterocycles. The smallest absolute Gasteiger partial charge is 0.298 e. The van der Waals surface area contributed by atoms with Gasteiger partial charge in [-0.1, -0.05) is 0 Å². The van der Waals surface area contributed by atoms with Crippen LogP contribution in [-0.4, -0.2) is 14.3 Å². The fourth-order valence-corrected chi connectivity index (χ4v) is 2.16. The number of ether oxygens (including phenoxy) is 1. The zero-order chi connectivity index (χ0) is 11.0. The van der Waals surface area contributed by atoms with E-state index >= 15 is 0 Å². The first-order chi connectivity index (χ1) is 7.81. The van der Waals surface area contributed by atoms with Gasteiger partial charge in [0.25, 0.3) is 5.19 Å². The average Bonchev–Trinajstić information content (AvgIpc) is 3.04. The lowest BCUT2D eigenvalue weighted by atomic mass is 10.4. The molecule has 1 saturated carbocycles. The standard InChI is InChI=1S/C10H8BrN3OS/c11-8-4-3-7(5-12-8)15-10-13-9(14-16-10)6-1-2-6/h3-6H,1-2H2. The Morgan fingerprint density at radius 3 is 2.94 bits per heavy atom. The van der Waals surface area contributed by atoms with Gasteiger partial charge in [-0.25, -0.2) is 4.98 Å². The molecule has 0 saturated heterocycles. The van der Waals surface area contributed by atoms with Crippen molar-refractivity contribution in [3.05, 3.63) is 28.8 Å². The Labute approximate surface area is 105 Å². The number of aromatic nitrogens is 3. The maximum Gasteiger partial charge on any atom is 0.298 e. The van der Waals surface area contributed by atoms with Crippen LogP contribution in [-0.2, 0) is 0 Å². The van der Waals surface area contributed by atoms with E-state index < -0.39 is 0 Å². The first-order valence-electron chi connectivity index (χ1n) is 4.94. The summed E-state index contributed by atoms with van der Waals surface area (Å²) in [6.07, 6.45) is 4.06. The molecule has 0 aromatic carbocycles. The summed E-state index contributed by atoms with van der Waals surface area (Å²) >= 11 is 4.56. The zero-order valence-electron chi connectivity index (χ0n) is 8.26. The number of halogens is 1. The van der Waals surface area contributed by atoms with Gasteiger partial charge < -0.3 is 4.74 Å². The van der Waals surface area contributed by atoms with Crippen molar-refractivity contribution in [2.24, 2.45) is 0 Å². The molecule has 6 heteroatoms. The molecule has 3 rings (SSSR count). The lowest BCUT2D eigenvalue weighted by molar-refractivity contribution is 0.474. The minimum atomic E-state index is 0.566. The van der Waals surface area contributed by atoms with E-state index in [9.17, 15) is 0 Å². The van der Waals surface area contributed by atoms with Crippen LogP contribution >= 0.6 is 27.5 Å². The Balaban J connectivity index is 1.75. The molecule has 2 aromatic heterocycles. The van der Waals surface area contributed by atoms with Crippen molar-refractivity contribution < 1.29 is 4.74 Å². The second-order valence-electron chi connectivity index (χ2n) is 3.61. The van der Waals surface area contributed by atoms with Crippen LogP contribution < -0.4 is 4.74 Å². The van der Waals surface area contributed by atoms with Gasteiger partial charge in [-0.15, -0.1) is 0 Å². The van der Waals surface area contributed by atoms with Gasteiger partial charge >= 0.3 is 0 Å². The van der Waals surface area contributed by atoms with Crippen LogP contribution in [0.15, 0.2) is 22.9 Å². The summed E-state index contributed by atoms with van der Waals surface area (Å²) in [5.41, 5.74) is 0. The number of hydrogen-bond acceptors (Lipinski definition) is 5. The fraction of sp³-hybridized carbons (Fsp3) is 0.300. The van der Waals surface area contributed by atoms with Crippen molar-refractivity contribution in [3.63, 3.8) is 0 Å². The molecule has 0 radical (unpaired) electrons. The summed E-state index contributed by atoms with van der Waals surface area (Å²) in [6, 6.07) is 3.67. The number of rotatable bonds is 3. The van der Waals surface area contributed by atoms with Gasteiger partial charge in [-0.05, 0) is 40.9 Å². The van der Waals surface area contributed by atoms with Crippen LogP contribution in [0.5, 0.6) is 10.9 Å². The van der Waals surface area contributed by atoms with Gasteiger partial charge in [0.15, 0.2) is 0 Å². The number of nitrogens with zero attached hydrogens (tertiary/aromatic N) is 3. The van der Waals surface area contributed by atoms with E-state index in [-0.39, 0.29) is 0 Å². The number of pyridine rings is 1. The third kappa shape index (κ3) is 2.22. The molecule has 1 aliphatic rings. The molecule has 0 unspecified atom stereocenters. The van der Waals surface area contributed by atoms with Crippen LogP contribution in [0, 0.1) is 0 Å². The van der Waals surface area contributed by atoms with Gasteiger partial charge in [-0.3, -0.25) is 0 Å². The topological polar surface area (TPSA) is 47.9 Å². The second-order valence-corrected chi connectivity index (χ2v) is 5.14. The maximum absolute atomic E-state index is 5.55. The summed E-state index contributed by atoms with van der Waals surface area (Å²) < 4.78 is 10.6. The van der Waals surface area contributed by atoms with Gasteiger partial charge in [0.1, 0.15) is 16.2 Å². The Bertz CT molecular complexity index is 495. The molecular weight excluding hydrogens is 290 g/mol. The predicted octanol–water partition coefficient (Wildman–Crippen LogP) is 3.37. The van der Waals surface area contributed by atoms with Crippen molar-refractivity contribution >= 4 is 27.5 Å². The molecule has 16 heavy (non-hydrogen) atoms. The van der Waals surface area contributed by atoms with Gasteiger partial charge in [0.2, 0.25) is 0 Å². The fourth-order valence-electron chi connectivity index (χ4n) is 1.29. The highest BCUT2D eigenvalue weighted by molar-refractivity contribution is 9.10. The Hall–Kier alpha value is -1.01. The Morgan fingerprint density at radius 2 is 2.25 bits per heavy atom. The van der Waals surface area contributed by atoms with Crippen molar-refractivity contribution in [2.45, 2.75) is 18.8 Å². The van der Waals surface area contributed by atoms with E-state index in [0.29, 0.717) is 16.9 Å². The minimum absolute atomic E-state index is 0.566. The van der Waals surface area contributed by atoms with Crippen molar-refractivity contribution in [1.29, 1.82) is 0 Å². The van der Waals surface area contributed by atoms with Crippen molar-refractivity contribution in [1.82, 2.24) is 14.3 Å². The molecule has 4 nitrogen and oxygen atoms in total. The molecule has 0 bridgehead atoms. The largest absolute Gasteiger partial charge is 0.428 e. The van der Waals surface area contributed by atoms with Crippen LogP contribution in [0.2, 0.25) is 0 Å². The Morgan fingerprint density at radius 1 is 1.38 bits per heavy atom.